The molecule has 4 rings (SSSR count). The highest BCUT2D eigenvalue weighted by Crippen LogP contribution is 2.29. The number of nitrogens with one attached hydrogen (secondary N) is 1. The van der Waals surface area contributed by atoms with E-state index in [-0.39, 0.29) is 0 Å². The van der Waals surface area contributed by atoms with Crippen molar-refractivity contribution in [1.29, 1.82) is 0 Å². The first-order valence-electron chi connectivity index (χ1n) is 10.2. The van der Waals surface area contributed by atoms with Crippen molar-refractivity contribution in [2.45, 2.75) is 64.5 Å². The normalized spacial score (nSPS) is 17.3. The van der Waals surface area contributed by atoms with E-state index in [9.17, 15) is 0 Å². The fourth-order valence-corrected chi connectivity index (χ4v) is 4.08. The fourth-order valence-electron chi connectivity index (χ4n) is 4.08. The Balaban J connectivity index is 1.59. The summed E-state index contributed by atoms with van der Waals surface area (Å²) in [6, 6.07) is 9.09. The molecule has 1 aromatic heterocycles. The lowest BCUT2D eigenvalue weighted by molar-refractivity contribution is 0.413. The van der Waals surface area contributed by atoms with Crippen molar-refractivity contribution in [1.82, 2.24) is 9.97 Å². The van der Waals surface area contributed by atoms with Crippen LogP contribution in [0.4, 0.5) is 11.8 Å². The first-order chi connectivity index (χ1) is 13.1. The second kappa shape index (κ2) is 7.75. The lowest BCUT2D eigenvalue weighted by Gasteiger charge is -2.30. The summed E-state index contributed by atoms with van der Waals surface area (Å²) in [7, 11) is 1.73. The number of hydrogen-bond donors (Lipinski definition) is 1. The van der Waals surface area contributed by atoms with Gasteiger partial charge in [-0.1, -0.05) is 32.8 Å². The highest BCUT2D eigenvalue weighted by atomic mass is 16.5. The predicted octanol–water partition coefficient (Wildman–Crippen LogP) is 4.53. The van der Waals surface area contributed by atoms with Crippen molar-refractivity contribution in [2.24, 2.45) is 0 Å². The zero-order valence-electron chi connectivity index (χ0n) is 16.7. The minimum absolute atomic E-state index is 0.386. The monoisotopic (exact) mass is 366 g/mol. The first-order valence-corrected chi connectivity index (χ1v) is 10.2. The van der Waals surface area contributed by atoms with Gasteiger partial charge in [0.2, 0.25) is 5.95 Å². The van der Waals surface area contributed by atoms with E-state index in [1.54, 1.807) is 7.11 Å². The van der Waals surface area contributed by atoms with E-state index >= 15 is 0 Å². The summed E-state index contributed by atoms with van der Waals surface area (Å²) >= 11 is 0. The minimum atomic E-state index is 0.386. The molecule has 1 N–H and O–H groups in total. The predicted molar refractivity (Wildman–Crippen MR) is 110 cm³/mol. The lowest BCUT2D eigenvalue weighted by atomic mass is 9.99. The van der Waals surface area contributed by atoms with Crippen molar-refractivity contribution in [3.8, 4) is 5.75 Å². The van der Waals surface area contributed by atoms with Gasteiger partial charge < -0.3 is 15.0 Å². The van der Waals surface area contributed by atoms with Gasteiger partial charge in [-0.15, -0.1) is 0 Å². The van der Waals surface area contributed by atoms with Crippen LogP contribution in [0.2, 0.25) is 0 Å². The molecular weight excluding hydrogens is 336 g/mol. The summed E-state index contributed by atoms with van der Waals surface area (Å²) in [5.74, 6) is 3.16. The van der Waals surface area contributed by atoms with Crippen LogP contribution in [0.3, 0.4) is 0 Å². The van der Waals surface area contributed by atoms with Crippen LogP contribution in [0.5, 0.6) is 5.75 Å². The van der Waals surface area contributed by atoms with Crippen molar-refractivity contribution in [3.63, 3.8) is 0 Å². The molecule has 1 saturated carbocycles. The molecule has 0 radical (unpaired) electrons. The Kier molecular flexibility index (Phi) is 5.19. The Morgan fingerprint density at radius 1 is 1.11 bits per heavy atom. The second-order valence-corrected chi connectivity index (χ2v) is 8.06. The maximum Gasteiger partial charge on any atom is 0.225 e. The summed E-state index contributed by atoms with van der Waals surface area (Å²) in [6.07, 6.45) is 6.08. The van der Waals surface area contributed by atoms with Crippen LogP contribution in [0.15, 0.2) is 24.3 Å². The van der Waals surface area contributed by atoms with Gasteiger partial charge in [-0.3, -0.25) is 0 Å². The van der Waals surface area contributed by atoms with Gasteiger partial charge in [0, 0.05) is 25.2 Å². The third kappa shape index (κ3) is 4.02. The smallest absolute Gasteiger partial charge is 0.225 e. The van der Waals surface area contributed by atoms with Gasteiger partial charge in [-0.25, -0.2) is 4.98 Å². The van der Waals surface area contributed by atoms with Gasteiger partial charge in [0.05, 0.1) is 12.8 Å². The fraction of sp³-hybridized carbons (Fsp3) is 0.545. The topological polar surface area (TPSA) is 50.3 Å². The number of rotatable bonds is 5. The maximum absolute atomic E-state index is 5.37. The summed E-state index contributed by atoms with van der Waals surface area (Å²) in [5.41, 5.74) is 3.85. The summed E-state index contributed by atoms with van der Waals surface area (Å²) < 4.78 is 5.37. The van der Waals surface area contributed by atoms with E-state index in [2.05, 4.69) is 48.3 Å². The van der Waals surface area contributed by atoms with Crippen LogP contribution >= 0.6 is 0 Å². The molecule has 5 heteroatoms. The van der Waals surface area contributed by atoms with Crippen LogP contribution in [-0.4, -0.2) is 29.7 Å². The van der Waals surface area contributed by atoms with Gasteiger partial charge in [-0.2, -0.15) is 4.98 Å². The number of aromatic nitrogens is 2. The van der Waals surface area contributed by atoms with E-state index in [0.29, 0.717) is 12.0 Å². The zero-order valence-corrected chi connectivity index (χ0v) is 16.7. The average molecular weight is 367 g/mol. The Morgan fingerprint density at radius 2 is 1.93 bits per heavy atom. The Morgan fingerprint density at radius 3 is 2.67 bits per heavy atom. The molecule has 0 atom stereocenters. The molecule has 2 aromatic rings. The average Bonchev–Trinajstić information content (AvgIpc) is 3.19. The van der Waals surface area contributed by atoms with Gasteiger partial charge in [0.25, 0.3) is 0 Å². The molecular formula is C22H30N4O. The highest BCUT2D eigenvalue weighted by molar-refractivity contribution is 5.50. The molecule has 1 fully saturated rings. The van der Waals surface area contributed by atoms with Crippen LogP contribution in [0.25, 0.3) is 0 Å². The maximum atomic E-state index is 5.37. The number of fused-ring (bicyclic) bond motifs is 1. The molecule has 0 amide bonds. The van der Waals surface area contributed by atoms with Crippen LogP contribution < -0.4 is 15.0 Å². The molecule has 5 nitrogen and oxygen atoms in total. The molecule has 1 aliphatic carbocycles. The molecule has 0 unspecified atom stereocenters. The molecule has 1 aromatic carbocycles. The van der Waals surface area contributed by atoms with Crippen molar-refractivity contribution in [2.75, 3.05) is 23.9 Å². The second-order valence-electron chi connectivity index (χ2n) is 8.06. The molecule has 1 aliphatic heterocycles. The lowest BCUT2D eigenvalue weighted by Crippen LogP contribution is -2.31. The third-order valence-corrected chi connectivity index (χ3v) is 5.76. The molecule has 0 saturated heterocycles. The van der Waals surface area contributed by atoms with Gasteiger partial charge in [0.1, 0.15) is 11.6 Å². The summed E-state index contributed by atoms with van der Waals surface area (Å²) in [5, 5.41) is 3.58. The SMILES string of the molecule is COc1ccc2c(c1)CCN(c1cc(C(C)C)nc(NC3CCCC3)n1)C2. The number of anilines is 2. The number of benzene rings is 1. The Bertz CT molecular complexity index is 799. The molecule has 0 spiro atoms. The van der Waals surface area contributed by atoms with Crippen molar-refractivity contribution >= 4 is 11.8 Å². The van der Waals surface area contributed by atoms with Gasteiger partial charge in [-0.05, 0) is 48.4 Å². The van der Waals surface area contributed by atoms with E-state index in [1.807, 2.05) is 0 Å². The van der Waals surface area contributed by atoms with Crippen molar-refractivity contribution < 1.29 is 4.74 Å². The van der Waals surface area contributed by atoms with Crippen LogP contribution in [0.1, 0.15) is 62.3 Å². The Hall–Kier alpha value is -2.30. The minimum Gasteiger partial charge on any atom is -0.497 e. The Labute approximate surface area is 162 Å². The van der Waals surface area contributed by atoms with E-state index in [1.165, 1.54) is 36.8 Å². The first kappa shape index (κ1) is 18.1. The highest BCUT2D eigenvalue weighted by Gasteiger charge is 2.21. The van der Waals surface area contributed by atoms with Gasteiger partial charge >= 0.3 is 0 Å². The summed E-state index contributed by atoms with van der Waals surface area (Å²) in [6.45, 7) is 6.25. The number of nitrogens with zero attached hydrogens (tertiary/aromatic N) is 3. The van der Waals surface area contributed by atoms with Gasteiger partial charge in [0.15, 0.2) is 0 Å². The summed E-state index contributed by atoms with van der Waals surface area (Å²) in [4.78, 5) is 12.1. The zero-order chi connectivity index (χ0) is 18.8. The van der Waals surface area contributed by atoms with Crippen LogP contribution in [0, 0.1) is 0 Å². The van der Waals surface area contributed by atoms with E-state index in [0.717, 1.165) is 42.7 Å². The number of methoxy groups -OCH3 is 1. The van der Waals surface area contributed by atoms with Crippen LogP contribution in [-0.2, 0) is 13.0 Å². The standard InChI is InChI=1S/C22H30N4O/c1-15(2)20-13-21(25-22(24-20)23-18-6-4-5-7-18)26-11-10-16-12-19(27-3)9-8-17(16)14-26/h8-9,12-13,15,18H,4-7,10-11,14H2,1-3H3,(H,23,24,25). The number of hydrogen-bond acceptors (Lipinski definition) is 5. The molecule has 144 valence electrons. The van der Waals surface area contributed by atoms with Crippen molar-refractivity contribution in [3.05, 3.63) is 41.1 Å². The van der Waals surface area contributed by atoms with E-state index in [4.69, 9.17) is 14.7 Å². The molecule has 0 bridgehead atoms. The third-order valence-electron chi connectivity index (χ3n) is 5.76. The largest absolute Gasteiger partial charge is 0.497 e. The number of ether oxygens (including phenoxy) is 1. The molecule has 27 heavy (non-hydrogen) atoms. The van der Waals surface area contributed by atoms with E-state index < -0.39 is 0 Å². The molecule has 2 aliphatic rings. The molecule has 2 heterocycles. The quantitative estimate of drug-likeness (QED) is 0.843.